The smallest absolute Gasteiger partial charge is 0.130 e. The number of benzene rings is 2. The molecule has 0 aromatic heterocycles. The zero-order chi connectivity index (χ0) is 16.3. The van der Waals surface area contributed by atoms with Gasteiger partial charge in [0.15, 0.2) is 0 Å². The van der Waals surface area contributed by atoms with Crippen molar-refractivity contribution in [2.45, 2.75) is 24.5 Å². The summed E-state index contributed by atoms with van der Waals surface area (Å²) in [6, 6.07) is 15.3. The number of nitrogens with one attached hydrogen (secondary N) is 1. The van der Waals surface area contributed by atoms with Crippen LogP contribution in [0.1, 0.15) is 24.0 Å². The molecule has 0 amide bonds. The van der Waals surface area contributed by atoms with Crippen LogP contribution in [0.4, 0.5) is 0 Å². The molecule has 0 bridgehead atoms. The van der Waals surface area contributed by atoms with Crippen LogP contribution in [0.5, 0.6) is 11.5 Å². The molecule has 4 nitrogen and oxygen atoms in total. The summed E-state index contributed by atoms with van der Waals surface area (Å²) < 4.78 is 10.5. The molecule has 3 rings (SSSR count). The molecule has 1 aliphatic rings. The number of hydrogen-bond acceptors (Lipinski definition) is 4. The van der Waals surface area contributed by atoms with Gasteiger partial charge in [-0.3, -0.25) is 0 Å². The maximum Gasteiger partial charge on any atom is 0.130 e. The zero-order valence-electron chi connectivity index (χ0n) is 13.6. The SMILES string of the molecule is COc1ccc(C(O)(c2ccc(OC)cc2)[C@@H]2CCCN2)cc1. The highest BCUT2D eigenvalue weighted by atomic mass is 16.5. The first-order valence-electron chi connectivity index (χ1n) is 7.93. The van der Waals surface area contributed by atoms with E-state index in [0.717, 1.165) is 42.0 Å². The summed E-state index contributed by atoms with van der Waals surface area (Å²) in [6.45, 7) is 0.930. The number of aliphatic hydroxyl groups is 1. The van der Waals surface area contributed by atoms with Crippen molar-refractivity contribution in [3.63, 3.8) is 0 Å². The number of ether oxygens (including phenoxy) is 2. The van der Waals surface area contributed by atoms with Crippen LogP contribution in [0, 0.1) is 0 Å². The van der Waals surface area contributed by atoms with Crippen molar-refractivity contribution in [3.8, 4) is 11.5 Å². The Hall–Kier alpha value is -2.04. The second-order valence-corrected chi connectivity index (χ2v) is 5.87. The van der Waals surface area contributed by atoms with E-state index in [4.69, 9.17) is 9.47 Å². The Labute approximate surface area is 137 Å². The number of methoxy groups -OCH3 is 2. The lowest BCUT2D eigenvalue weighted by atomic mass is 9.79. The van der Waals surface area contributed by atoms with Crippen molar-refractivity contribution < 1.29 is 14.6 Å². The Morgan fingerprint density at radius 3 is 1.74 bits per heavy atom. The van der Waals surface area contributed by atoms with Crippen LogP contribution in [0.25, 0.3) is 0 Å². The van der Waals surface area contributed by atoms with Crippen molar-refractivity contribution in [2.75, 3.05) is 20.8 Å². The van der Waals surface area contributed by atoms with E-state index in [0.29, 0.717) is 0 Å². The molecule has 2 aromatic carbocycles. The zero-order valence-corrected chi connectivity index (χ0v) is 13.6. The average Bonchev–Trinajstić information content (AvgIpc) is 3.16. The standard InChI is InChI=1S/C19H23NO3/c1-22-16-9-5-14(6-10-16)19(21,18-4-3-13-20-18)15-7-11-17(23-2)12-8-15/h5-12,18,20-21H,3-4,13H2,1-2H3/t18-/m0/s1. The van der Waals surface area contributed by atoms with E-state index in [1.807, 2.05) is 48.5 Å². The minimum atomic E-state index is -1.07. The maximum absolute atomic E-state index is 11.6. The topological polar surface area (TPSA) is 50.7 Å². The van der Waals surface area contributed by atoms with Gasteiger partial charge in [-0.25, -0.2) is 0 Å². The molecule has 1 saturated heterocycles. The van der Waals surface area contributed by atoms with E-state index in [1.165, 1.54) is 0 Å². The van der Waals surface area contributed by atoms with Gasteiger partial charge in [0.2, 0.25) is 0 Å². The third kappa shape index (κ3) is 2.92. The Morgan fingerprint density at radius 2 is 1.39 bits per heavy atom. The fourth-order valence-corrected chi connectivity index (χ4v) is 3.30. The second kappa shape index (κ2) is 6.60. The van der Waals surface area contributed by atoms with Gasteiger partial charge in [0.25, 0.3) is 0 Å². The van der Waals surface area contributed by atoms with Crippen LogP contribution in [0.3, 0.4) is 0 Å². The molecule has 23 heavy (non-hydrogen) atoms. The van der Waals surface area contributed by atoms with E-state index in [1.54, 1.807) is 14.2 Å². The molecule has 122 valence electrons. The minimum Gasteiger partial charge on any atom is -0.497 e. The fraction of sp³-hybridized carbons (Fsp3) is 0.368. The van der Waals surface area contributed by atoms with Crippen LogP contribution in [-0.2, 0) is 5.60 Å². The molecule has 0 spiro atoms. The third-order valence-corrected chi connectivity index (χ3v) is 4.62. The van der Waals surface area contributed by atoms with Crippen LogP contribution < -0.4 is 14.8 Å². The van der Waals surface area contributed by atoms with E-state index < -0.39 is 5.60 Å². The first-order chi connectivity index (χ1) is 11.2. The van der Waals surface area contributed by atoms with Crippen molar-refractivity contribution in [2.24, 2.45) is 0 Å². The summed E-state index contributed by atoms with van der Waals surface area (Å²) in [7, 11) is 3.28. The molecule has 0 unspecified atom stereocenters. The predicted molar refractivity (Wildman–Crippen MR) is 90.0 cm³/mol. The fourth-order valence-electron chi connectivity index (χ4n) is 3.30. The Morgan fingerprint density at radius 1 is 0.913 bits per heavy atom. The summed E-state index contributed by atoms with van der Waals surface area (Å²) in [5.74, 6) is 1.57. The lowest BCUT2D eigenvalue weighted by Gasteiger charge is -2.35. The van der Waals surface area contributed by atoms with Gasteiger partial charge in [-0.1, -0.05) is 24.3 Å². The van der Waals surface area contributed by atoms with E-state index >= 15 is 0 Å². The van der Waals surface area contributed by atoms with E-state index in [-0.39, 0.29) is 6.04 Å². The molecule has 2 N–H and O–H groups in total. The molecule has 1 atom stereocenters. The molecule has 0 radical (unpaired) electrons. The summed E-state index contributed by atoms with van der Waals surface area (Å²) in [6.07, 6.45) is 2.01. The molecular weight excluding hydrogens is 290 g/mol. The van der Waals surface area contributed by atoms with Crippen LogP contribution in [-0.4, -0.2) is 31.9 Å². The lowest BCUT2D eigenvalue weighted by molar-refractivity contribution is 0.0442. The van der Waals surface area contributed by atoms with Crippen molar-refractivity contribution in [1.29, 1.82) is 0 Å². The van der Waals surface area contributed by atoms with Crippen LogP contribution >= 0.6 is 0 Å². The van der Waals surface area contributed by atoms with Gasteiger partial charge in [-0.05, 0) is 54.8 Å². The highest BCUT2D eigenvalue weighted by Gasteiger charge is 2.41. The van der Waals surface area contributed by atoms with E-state index in [9.17, 15) is 5.11 Å². The molecule has 1 aliphatic heterocycles. The minimum absolute atomic E-state index is 0.00992. The quantitative estimate of drug-likeness (QED) is 0.891. The molecule has 2 aromatic rings. The molecule has 4 heteroatoms. The van der Waals surface area contributed by atoms with Gasteiger partial charge in [0.05, 0.1) is 14.2 Å². The monoisotopic (exact) mass is 313 g/mol. The highest BCUT2D eigenvalue weighted by molar-refractivity contribution is 5.42. The normalized spacial score (nSPS) is 18.0. The number of rotatable bonds is 5. The summed E-state index contributed by atoms with van der Waals surface area (Å²) in [4.78, 5) is 0. The molecule has 1 heterocycles. The van der Waals surface area contributed by atoms with Crippen molar-refractivity contribution in [3.05, 3.63) is 59.7 Å². The average molecular weight is 313 g/mol. The first kappa shape index (κ1) is 15.8. The largest absolute Gasteiger partial charge is 0.497 e. The van der Waals surface area contributed by atoms with Crippen molar-refractivity contribution >= 4 is 0 Å². The molecular formula is C19H23NO3. The second-order valence-electron chi connectivity index (χ2n) is 5.87. The Bertz CT molecular complexity index is 583. The summed E-state index contributed by atoms with van der Waals surface area (Å²) >= 11 is 0. The molecule has 1 fully saturated rings. The van der Waals surface area contributed by atoms with Crippen LogP contribution in [0.15, 0.2) is 48.5 Å². The van der Waals surface area contributed by atoms with Gasteiger partial charge in [0, 0.05) is 6.04 Å². The highest BCUT2D eigenvalue weighted by Crippen LogP contribution is 2.37. The van der Waals surface area contributed by atoms with Gasteiger partial charge in [-0.15, -0.1) is 0 Å². The first-order valence-corrected chi connectivity index (χ1v) is 7.93. The van der Waals surface area contributed by atoms with Gasteiger partial charge >= 0.3 is 0 Å². The van der Waals surface area contributed by atoms with Gasteiger partial charge in [0.1, 0.15) is 17.1 Å². The molecule has 0 aliphatic carbocycles. The Balaban J connectivity index is 2.04. The summed E-state index contributed by atoms with van der Waals surface area (Å²) in [5, 5.41) is 15.1. The molecule has 0 saturated carbocycles. The van der Waals surface area contributed by atoms with Crippen LogP contribution in [0.2, 0.25) is 0 Å². The van der Waals surface area contributed by atoms with E-state index in [2.05, 4.69) is 5.32 Å². The number of hydrogen-bond donors (Lipinski definition) is 2. The predicted octanol–water partition coefficient (Wildman–Crippen LogP) is 2.69. The Kier molecular flexibility index (Phi) is 4.55. The maximum atomic E-state index is 11.6. The van der Waals surface area contributed by atoms with Crippen molar-refractivity contribution in [1.82, 2.24) is 5.32 Å². The summed E-state index contributed by atoms with van der Waals surface area (Å²) in [5.41, 5.74) is 0.653. The third-order valence-electron chi connectivity index (χ3n) is 4.62. The van der Waals surface area contributed by atoms with Gasteiger partial charge < -0.3 is 19.9 Å². The lowest BCUT2D eigenvalue weighted by Crippen LogP contribution is -2.46. The van der Waals surface area contributed by atoms with Gasteiger partial charge in [-0.2, -0.15) is 0 Å².